The van der Waals surface area contributed by atoms with Crippen molar-refractivity contribution in [3.8, 4) is 17.4 Å². The van der Waals surface area contributed by atoms with Crippen LogP contribution < -0.4 is 20.1 Å². The standard InChI is InChI=1S/C21H25N3O5/c1-5-14(24-20(26)27)19(25)23-13-7-9-16(22-10-13)29-15-8-6-12(2)18-17(15)21(3,4)11-28-18/h6-10,14,24H,5,11H2,1-4H3,(H,23,25)(H,26,27). The van der Waals surface area contributed by atoms with Crippen LogP contribution in [0.15, 0.2) is 30.5 Å². The fraction of sp³-hybridized carbons (Fsp3) is 0.381. The maximum atomic E-state index is 12.2. The Morgan fingerprint density at radius 3 is 2.69 bits per heavy atom. The number of anilines is 1. The molecule has 1 atom stereocenters. The Balaban J connectivity index is 1.73. The first kappa shape index (κ1) is 20.4. The second-order valence-corrected chi connectivity index (χ2v) is 7.64. The number of nitrogens with zero attached hydrogens (tertiary/aromatic N) is 1. The summed E-state index contributed by atoms with van der Waals surface area (Å²) >= 11 is 0. The van der Waals surface area contributed by atoms with Crippen LogP contribution in [-0.2, 0) is 10.2 Å². The third-order valence-corrected chi connectivity index (χ3v) is 4.81. The molecule has 29 heavy (non-hydrogen) atoms. The number of rotatable bonds is 6. The molecular formula is C21H25N3O5. The summed E-state index contributed by atoms with van der Waals surface area (Å²) in [5.74, 6) is 1.48. The summed E-state index contributed by atoms with van der Waals surface area (Å²) in [4.78, 5) is 27.2. The number of hydrogen-bond acceptors (Lipinski definition) is 5. The average Bonchev–Trinajstić information content (AvgIpc) is 3.00. The lowest BCUT2D eigenvalue weighted by molar-refractivity contribution is -0.118. The van der Waals surface area contributed by atoms with Gasteiger partial charge >= 0.3 is 6.09 Å². The highest BCUT2D eigenvalue weighted by molar-refractivity contribution is 5.96. The Bertz CT molecular complexity index is 925. The van der Waals surface area contributed by atoms with Gasteiger partial charge in [0.15, 0.2) is 0 Å². The molecule has 1 unspecified atom stereocenters. The van der Waals surface area contributed by atoms with E-state index in [2.05, 4.69) is 29.5 Å². The van der Waals surface area contributed by atoms with Crippen LogP contribution in [0.1, 0.15) is 38.3 Å². The van der Waals surface area contributed by atoms with E-state index in [9.17, 15) is 9.59 Å². The van der Waals surface area contributed by atoms with Gasteiger partial charge in [-0.3, -0.25) is 4.79 Å². The van der Waals surface area contributed by atoms with Gasteiger partial charge < -0.3 is 25.2 Å². The van der Waals surface area contributed by atoms with Crippen molar-refractivity contribution in [1.29, 1.82) is 0 Å². The van der Waals surface area contributed by atoms with Crippen LogP contribution in [0.4, 0.5) is 10.5 Å². The minimum Gasteiger partial charge on any atom is -0.492 e. The monoisotopic (exact) mass is 399 g/mol. The maximum absolute atomic E-state index is 12.2. The van der Waals surface area contributed by atoms with E-state index in [0.717, 1.165) is 16.9 Å². The summed E-state index contributed by atoms with van der Waals surface area (Å²) in [6.07, 6.45) is 0.561. The molecule has 0 saturated heterocycles. The Labute approximate surface area is 169 Å². The molecule has 0 fully saturated rings. The second kappa shape index (κ2) is 7.98. The molecule has 3 rings (SSSR count). The van der Waals surface area contributed by atoms with Crippen molar-refractivity contribution in [2.24, 2.45) is 0 Å². The van der Waals surface area contributed by atoms with E-state index in [4.69, 9.17) is 14.6 Å². The quantitative estimate of drug-likeness (QED) is 0.681. The normalized spacial score (nSPS) is 15.0. The molecule has 3 N–H and O–H groups in total. The first-order valence-electron chi connectivity index (χ1n) is 9.42. The molecular weight excluding hydrogens is 374 g/mol. The molecule has 1 aliphatic heterocycles. The number of carboxylic acid groups (broad SMARTS) is 1. The zero-order chi connectivity index (χ0) is 21.2. The highest BCUT2D eigenvalue weighted by atomic mass is 16.5. The number of nitrogens with one attached hydrogen (secondary N) is 2. The first-order valence-corrected chi connectivity index (χ1v) is 9.42. The average molecular weight is 399 g/mol. The first-order chi connectivity index (χ1) is 13.7. The van der Waals surface area contributed by atoms with Crippen molar-refractivity contribution in [3.05, 3.63) is 41.6 Å². The van der Waals surface area contributed by atoms with Crippen molar-refractivity contribution in [2.45, 2.75) is 45.6 Å². The third-order valence-electron chi connectivity index (χ3n) is 4.81. The third kappa shape index (κ3) is 4.42. The van der Waals surface area contributed by atoms with E-state index < -0.39 is 18.0 Å². The number of pyridine rings is 1. The predicted octanol–water partition coefficient (Wildman–Crippen LogP) is 3.84. The molecule has 1 aromatic carbocycles. The van der Waals surface area contributed by atoms with Gasteiger partial charge in [0.25, 0.3) is 0 Å². The van der Waals surface area contributed by atoms with Crippen LogP contribution >= 0.6 is 0 Å². The number of fused-ring (bicyclic) bond motifs is 1. The number of amides is 2. The summed E-state index contributed by atoms with van der Waals surface area (Å²) in [6.45, 7) is 8.52. The van der Waals surface area contributed by atoms with Gasteiger partial charge in [0.1, 0.15) is 17.5 Å². The van der Waals surface area contributed by atoms with Gasteiger partial charge in [-0.15, -0.1) is 0 Å². The van der Waals surface area contributed by atoms with Gasteiger partial charge in [-0.1, -0.05) is 26.8 Å². The molecule has 2 heterocycles. The molecule has 0 radical (unpaired) electrons. The lowest BCUT2D eigenvalue weighted by Gasteiger charge is -2.19. The molecule has 0 bridgehead atoms. The largest absolute Gasteiger partial charge is 0.492 e. The van der Waals surface area contributed by atoms with Crippen LogP contribution in [0.3, 0.4) is 0 Å². The Kier molecular flexibility index (Phi) is 5.63. The van der Waals surface area contributed by atoms with Crippen LogP contribution in [-0.4, -0.2) is 34.7 Å². The lowest BCUT2D eigenvalue weighted by atomic mass is 9.85. The molecule has 1 aromatic heterocycles. The van der Waals surface area contributed by atoms with E-state index in [1.54, 1.807) is 19.1 Å². The summed E-state index contributed by atoms with van der Waals surface area (Å²) < 4.78 is 11.8. The zero-order valence-corrected chi connectivity index (χ0v) is 16.9. The molecule has 1 aliphatic rings. The van der Waals surface area contributed by atoms with Gasteiger partial charge in [-0.05, 0) is 31.0 Å². The number of carbonyl (C=O) groups excluding carboxylic acids is 1. The SMILES string of the molecule is CCC(NC(=O)O)C(=O)Nc1ccc(Oc2ccc(C)c3c2C(C)(C)CO3)nc1. The van der Waals surface area contributed by atoms with E-state index in [-0.39, 0.29) is 5.41 Å². The van der Waals surface area contributed by atoms with Crippen molar-refractivity contribution >= 4 is 17.7 Å². The summed E-state index contributed by atoms with van der Waals surface area (Å²) in [7, 11) is 0. The van der Waals surface area contributed by atoms with Gasteiger partial charge in [-0.2, -0.15) is 0 Å². The minimum absolute atomic E-state index is 0.170. The summed E-state index contributed by atoms with van der Waals surface area (Å²) in [5.41, 5.74) is 2.36. The van der Waals surface area contributed by atoms with Crippen LogP contribution in [0.25, 0.3) is 0 Å². The number of aryl methyl sites for hydroxylation is 1. The number of carbonyl (C=O) groups is 2. The number of benzene rings is 1. The Morgan fingerprint density at radius 1 is 1.31 bits per heavy atom. The van der Waals surface area contributed by atoms with Crippen LogP contribution in [0, 0.1) is 6.92 Å². The summed E-state index contributed by atoms with van der Waals surface area (Å²) in [6, 6.07) is 6.33. The van der Waals surface area contributed by atoms with Crippen molar-refractivity contribution < 1.29 is 24.2 Å². The number of ether oxygens (including phenoxy) is 2. The van der Waals surface area contributed by atoms with Crippen molar-refractivity contribution in [3.63, 3.8) is 0 Å². The van der Waals surface area contributed by atoms with Crippen molar-refractivity contribution in [2.75, 3.05) is 11.9 Å². The van der Waals surface area contributed by atoms with E-state index >= 15 is 0 Å². The van der Waals surface area contributed by atoms with Gasteiger partial charge in [-0.25, -0.2) is 9.78 Å². The second-order valence-electron chi connectivity index (χ2n) is 7.64. The van der Waals surface area contributed by atoms with E-state index in [0.29, 0.717) is 30.3 Å². The molecule has 8 heteroatoms. The minimum atomic E-state index is -1.24. The molecule has 8 nitrogen and oxygen atoms in total. The molecule has 154 valence electrons. The summed E-state index contributed by atoms with van der Waals surface area (Å²) in [5, 5.41) is 13.6. The Hall–Kier alpha value is -3.29. The van der Waals surface area contributed by atoms with Gasteiger partial charge in [0.05, 0.1) is 18.5 Å². The fourth-order valence-electron chi connectivity index (χ4n) is 3.26. The maximum Gasteiger partial charge on any atom is 0.405 e. The smallest absolute Gasteiger partial charge is 0.405 e. The topological polar surface area (TPSA) is 110 Å². The molecule has 2 aromatic rings. The fourth-order valence-corrected chi connectivity index (χ4v) is 3.26. The zero-order valence-electron chi connectivity index (χ0n) is 16.9. The van der Waals surface area contributed by atoms with E-state index in [1.165, 1.54) is 6.20 Å². The highest BCUT2D eigenvalue weighted by Crippen LogP contribution is 2.46. The molecule has 0 saturated carbocycles. The van der Waals surface area contributed by atoms with Crippen LogP contribution in [0.2, 0.25) is 0 Å². The molecule has 0 spiro atoms. The number of aromatic nitrogens is 1. The Morgan fingerprint density at radius 2 is 2.07 bits per heavy atom. The molecule has 0 aliphatic carbocycles. The molecule has 2 amide bonds. The van der Waals surface area contributed by atoms with Gasteiger partial charge in [0, 0.05) is 17.0 Å². The number of hydrogen-bond donors (Lipinski definition) is 3. The lowest BCUT2D eigenvalue weighted by Crippen LogP contribution is -2.42. The van der Waals surface area contributed by atoms with Crippen molar-refractivity contribution in [1.82, 2.24) is 10.3 Å². The van der Waals surface area contributed by atoms with Crippen LogP contribution in [0.5, 0.6) is 17.4 Å². The highest BCUT2D eigenvalue weighted by Gasteiger charge is 2.36. The van der Waals surface area contributed by atoms with E-state index in [1.807, 2.05) is 19.1 Å². The predicted molar refractivity (Wildman–Crippen MR) is 108 cm³/mol. The van der Waals surface area contributed by atoms with Gasteiger partial charge in [0.2, 0.25) is 11.8 Å².